The quantitative estimate of drug-likeness (QED) is 0.177. The maximum Gasteiger partial charge on any atom is 0.235 e. The minimum atomic E-state index is 0.652. The van der Waals surface area contributed by atoms with Crippen LogP contribution >= 0.6 is 11.3 Å². The number of aromatic nitrogens is 4. The van der Waals surface area contributed by atoms with Gasteiger partial charge in [-0.1, -0.05) is 133 Å². The van der Waals surface area contributed by atoms with Crippen LogP contribution in [-0.2, 0) is 0 Å². The minimum Gasteiger partial charge on any atom is -0.309 e. The van der Waals surface area contributed by atoms with Crippen molar-refractivity contribution in [1.82, 2.24) is 19.1 Å². The molecule has 8 aromatic carbocycles. The molecule has 4 nitrogen and oxygen atoms in total. The summed E-state index contributed by atoms with van der Waals surface area (Å²) in [5.41, 5.74) is 14.6. The van der Waals surface area contributed by atoms with Gasteiger partial charge in [-0.15, -0.1) is 11.3 Å². The second kappa shape index (κ2) is 11.6. The second-order valence-electron chi connectivity index (χ2n) is 14.9. The fourth-order valence-electron chi connectivity index (χ4n) is 9.58. The van der Waals surface area contributed by atoms with Gasteiger partial charge in [0.2, 0.25) is 5.95 Å². The average Bonchev–Trinajstić information content (AvgIpc) is 3.93. The molecule has 0 amide bonds. The molecule has 0 N–H and O–H groups in total. The Morgan fingerprint density at radius 3 is 1.53 bits per heavy atom. The lowest BCUT2D eigenvalue weighted by Crippen LogP contribution is -2.05. The average molecular weight is 743 g/mol. The third-order valence-electron chi connectivity index (χ3n) is 12.0. The van der Waals surface area contributed by atoms with E-state index in [1.807, 2.05) is 17.5 Å². The fraction of sp³-hybridized carbons (Fsp3) is 0. The molecule has 0 aliphatic heterocycles. The number of hydrogen-bond acceptors (Lipinski definition) is 3. The van der Waals surface area contributed by atoms with Gasteiger partial charge in [0.05, 0.1) is 27.8 Å². The van der Waals surface area contributed by atoms with Gasteiger partial charge >= 0.3 is 0 Å². The monoisotopic (exact) mass is 742 g/mol. The largest absolute Gasteiger partial charge is 0.309 e. The van der Waals surface area contributed by atoms with Crippen molar-refractivity contribution in [3.8, 4) is 56.3 Å². The molecule has 1 aliphatic rings. The number of hydrogen-bond donors (Lipinski definition) is 0. The van der Waals surface area contributed by atoms with Gasteiger partial charge in [-0.05, 0) is 70.3 Å². The number of nitrogens with zero attached hydrogens (tertiary/aromatic N) is 4. The molecule has 5 heteroatoms. The van der Waals surface area contributed by atoms with Crippen LogP contribution in [0.15, 0.2) is 182 Å². The van der Waals surface area contributed by atoms with Gasteiger partial charge in [0.25, 0.3) is 0 Å². The van der Waals surface area contributed by atoms with Crippen molar-refractivity contribution in [2.45, 2.75) is 0 Å². The van der Waals surface area contributed by atoms with Crippen molar-refractivity contribution < 1.29 is 0 Å². The second-order valence-corrected chi connectivity index (χ2v) is 16.0. The summed E-state index contributed by atoms with van der Waals surface area (Å²) in [5, 5.41) is 7.45. The number of para-hydroxylation sites is 2. The molecule has 0 saturated carbocycles. The zero-order chi connectivity index (χ0) is 37.2. The van der Waals surface area contributed by atoms with E-state index >= 15 is 0 Å². The van der Waals surface area contributed by atoms with E-state index < -0.39 is 0 Å². The predicted molar refractivity (Wildman–Crippen MR) is 239 cm³/mol. The van der Waals surface area contributed by atoms with Crippen LogP contribution in [0.5, 0.6) is 0 Å². The highest BCUT2D eigenvalue weighted by molar-refractivity contribution is 7.25. The van der Waals surface area contributed by atoms with Crippen LogP contribution in [0.4, 0.5) is 0 Å². The van der Waals surface area contributed by atoms with Crippen molar-refractivity contribution in [1.29, 1.82) is 0 Å². The number of rotatable bonds is 2. The van der Waals surface area contributed by atoms with Crippen LogP contribution in [0.3, 0.4) is 0 Å². The first-order chi connectivity index (χ1) is 28.3. The van der Waals surface area contributed by atoms with Crippen molar-refractivity contribution in [3.63, 3.8) is 0 Å². The van der Waals surface area contributed by atoms with E-state index in [9.17, 15) is 0 Å². The van der Waals surface area contributed by atoms with Gasteiger partial charge in [0.15, 0.2) is 0 Å². The molecule has 0 atom stereocenters. The molecule has 1 aliphatic carbocycles. The summed E-state index contributed by atoms with van der Waals surface area (Å²) in [5.74, 6) is 0.652. The van der Waals surface area contributed by atoms with E-state index in [-0.39, 0.29) is 0 Å². The first-order valence-electron chi connectivity index (χ1n) is 19.3. The Balaban J connectivity index is 1.09. The smallest absolute Gasteiger partial charge is 0.235 e. The summed E-state index contributed by atoms with van der Waals surface area (Å²) >= 11 is 1.86. The summed E-state index contributed by atoms with van der Waals surface area (Å²) in [6, 6.07) is 63.8. The molecule has 264 valence electrons. The standard InChI is InChI=1S/C52H30N4S/c1-2-14-33-32(13-1)34-15-3-4-17-36(34)42-30-53-52(54-51(42)39-19-6-5-16-35(33)39)56-44-23-11-8-21-41(44)50-46(56)28-27-45-49(50)40-20-7-10-22-43(40)55(45)31-25-26-38-37-18-9-12-24-47(37)57-48(38)29-31/h1-30H. The molecule has 0 radical (unpaired) electrons. The Bertz CT molecular complexity index is 3650. The Labute approximate surface area is 331 Å². The van der Waals surface area contributed by atoms with Crippen molar-refractivity contribution >= 4 is 75.1 Å². The highest BCUT2D eigenvalue weighted by atomic mass is 32.1. The Hall–Kier alpha value is -7.34. The highest BCUT2D eigenvalue weighted by Crippen LogP contribution is 2.48. The molecule has 0 spiro atoms. The Morgan fingerprint density at radius 1 is 0.368 bits per heavy atom. The van der Waals surface area contributed by atoms with Crippen molar-refractivity contribution in [2.24, 2.45) is 0 Å². The van der Waals surface area contributed by atoms with E-state index in [2.05, 4.69) is 185 Å². The zero-order valence-corrected chi connectivity index (χ0v) is 31.3. The Kier molecular flexibility index (Phi) is 6.29. The molecule has 4 heterocycles. The number of benzene rings is 8. The van der Waals surface area contributed by atoms with Crippen LogP contribution in [0.2, 0.25) is 0 Å². The molecule has 0 saturated heterocycles. The van der Waals surface area contributed by atoms with Gasteiger partial charge < -0.3 is 4.57 Å². The maximum atomic E-state index is 5.56. The summed E-state index contributed by atoms with van der Waals surface area (Å²) in [6.07, 6.45) is 2.04. The molecule has 0 bridgehead atoms. The van der Waals surface area contributed by atoms with Crippen LogP contribution in [-0.4, -0.2) is 19.1 Å². The molecular weight excluding hydrogens is 713 g/mol. The normalized spacial score (nSPS) is 12.2. The summed E-state index contributed by atoms with van der Waals surface area (Å²) in [7, 11) is 0. The van der Waals surface area contributed by atoms with Crippen LogP contribution in [0, 0.1) is 0 Å². The highest BCUT2D eigenvalue weighted by Gasteiger charge is 2.26. The summed E-state index contributed by atoms with van der Waals surface area (Å²) in [4.78, 5) is 10.8. The van der Waals surface area contributed by atoms with Crippen LogP contribution in [0.1, 0.15) is 0 Å². The molecule has 0 fully saturated rings. The lowest BCUT2D eigenvalue weighted by Gasteiger charge is -2.22. The van der Waals surface area contributed by atoms with Gasteiger partial charge in [-0.2, -0.15) is 0 Å². The van der Waals surface area contributed by atoms with Crippen molar-refractivity contribution in [3.05, 3.63) is 182 Å². The zero-order valence-electron chi connectivity index (χ0n) is 30.5. The van der Waals surface area contributed by atoms with Gasteiger partial charge in [0.1, 0.15) is 0 Å². The number of fused-ring (bicyclic) bond motifs is 18. The summed E-state index contributed by atoms with van der Waals surface area (Å²) < 4.78 is 7.31. The van der Waals surface area contributed by atoms with E-state index in [0.29, 0.717) is 5.95 Å². The van der Waals surface area contributed by atoms with Crippen LogP contribution in [0.25, 0.3) is 120 Å². The molecule has 12 aromatic rings. The van der Waals surface area contributed by atoms with Gasteiger partial charge in [-0.25, -0.2) is 9.97 Å². The topological polar surface area (TPSA) is 35.6 Å². The lowest BCUT2D eigenvalue weighted by molar-refractivity contribution is 0.994. The van der Waals surface area contributed by atoms with E-state index in [4.69, 9.17) is 9.97 Å². The Morgan fingerprint density at radius 2 is 0.860 bits per heavy atom. The fourth-order valence-corrected chi connectivity index (χ4v) is 10.7. The lowest BCUT2D eigenvalue weighted by atomic mass is 9.83. The third kappa shape index (κ3) is 4.26. The first-order valence-corrected chi connectivity index (χ1v) is 20.1. The first kappa shape index (κ1) is 30.9. The third-order valence-corrected chi connectivity index (χ3v) is 13.1. The molecule has 0 unspecified atom stereocenters. The van der Waals surface area contributed by atoms with E-state index in [1.54, 1.807) is 0 Å². The number of thiophene rings is 1. The van der Waals surface area contributed by atoms with E-state index in [0.717, 1.165) is 39.1 Å². The SMILES string of the molecule is c1ccc2c(c1)-c1ccccc1-c1cnc(-n3c4ccccc4c4c5c6ccccc6n(-c6ccc7c(c6)sc6ccccc67)c5ccc43)nc1-c1ccccc1-2. The summed E-state index contributed by atoms with van der Waals surface area (Å²) in [6.45, 7) is 0. The molecule has 4 aromatic heterocycles. The molecule has 57 heavy (non-hydrogen) atoms. The molecular formula is C52H30N4S. The van der Waals surface area contributed by atoms with Crippen molar-refractivity contribution in [2.75, 3.05) is 0 Å². The van der Waals surface area contributed by atoms with Gasteiger partial charge in [-0.3, -0.25) is 4.57 Å². The molecule has 13 rings (SSSR count). The van der Waals surface area contributed by atoms with E-state index in [1.165, 1.54) is 75.0 Å². The van der Waals surface area contributed by atoms with Crippen LogP contribution < -0.4 is 0 Å². The maximum absolute atomic E-state index is 5.56. The minimum absolute atomic E-state index is 0.652. The van der Waals surface area contributed by atoms with Gasteiger partial charge in [0, 0.05) is 64.7 Å². The predicted octanol–water partition coefficient (Wildman–Crippen LogP) is 14.0.